The zero-order chi connectivity index (χ0) is 13.9. The Morgan fingerprint density at radius 2 is 2.20 bits per heavy atom. The minimum Gasteiger partial charge on any atom is -0.454 e. The second kappa shape index (κ2) is 5.88. The zero-order valence-corrected chi connectivity index (χ0v) is 13.3. The number of rotatable bonds is 4. The molecule has 3 aromatic rings. The third kappa shape index (κ3) is 2.99. The molecule has 1 aromatic carbocycles. The summed E-state index contributed by atoms with van der Waals surface area (Å²) < 4.78 is 8.20. The number of furan rings is 1. The molecule has 2 heterocycles. The van der Waals surface area contributed by atoms with E-state index < -0.39 is 0 Å². The number of anilines is 1. The number of aromatic nitrogens is 2. The van der Waals surface area contributed by atoms with Gasteiger partial charge in [-0.2, -0.15) is 5.10 Å². The molecule has 0 radical (unpaired) electrons. The van der Waals surface area contributed by atoms with E-state index in [1.54, 1.807) is 10.9 Å². The standard InChI is InChI=1S/C14H11ClIN3O/c15-10-2-4-13(19-7-1-6-18-19)12(8-10)17-9-11-3-5-14(16)20-11/h1-8,17H,9H2. The molecule has 2 aromatic heterocycles. The molecule has 0 aliphatic carbocycles. The van der Waals surface area contributed by atoms with Gasteiger partial charge in [0, 0.05) is 17.4 Å². The Balaban J connectivity index is 1.86. The smallest absolute Gasteiger partial charge is 0.164 e. The van der Waals surface area contributed by atoms with Gasteiger partial charge in [-0.05, 0) is 59.0 Å². The molecule has 3 rings (SSSR count). The molecule has 0 unspecified atom stereocenters. The topological polar surface area (TPSA) is 43.0 Å². The predicted octanol–water partition coefficient (Wildman–Crippen LogP) is 4.34. The van der Waals surface area contributed by atoms with E-state index in [2.05, 4.69) is 33.0 Å². The second-order valence-electron chi connectivity index (χ2n) is 4.17. The van der Waals surface area contributed by atoms with Crippen LogP contribution in [0.5, 0.6) is 0 Å². The van der Waals surface area contributed by atoms with Gasteiger partial charge in [-0.1, -0.05) is 11.6 Å². The van der Waals surface area contributed by atoms with Gasteiger partial charge in [0.1, 0.15) is 5.76 Å². The van der Waals surface area contributed by atoms with Crippen LogP contribution < -0.4 is 5.32 Å². The van der Waals surface area contributed by atoms with E-state index in [0.29, 0.717) is 11.6 Å². The molecular weight excluding hydrogens is 389 g/mol. The van der Waals surface area contributed by atoms with E-state index in [1.807, 2.05) is 42.6 Å². The van der Waals surface area contributed by atoms with Crippen LogP contribution in [-0.2, 0) is 6.54 Å². The third-order valence-electron chi connectivity index (χ3n) is 2.79. The average Bonchev–Trinajstić information content (AvgIpc) is 3.08. The molecule has 0 bridgehead atoms. The first kappa shape index (κ1) is 13.5. The summed E-state index contributed by atoms with van der Waals surface area (Å²) in [5.41, 5.74) is 1.85. The Morgan fingerprint density at radius 3 is 2.90 bits per heavy atom. The summed E-state index contributed by atoms with van der Waals surface area (Å²) in [5.74, 6) is 0.876. The van der Waals surface area contributed by atoms with Crippen molar-refractivity contribution in [2.45, 2.75) is 6.54 Å². The van der Waals surface area contributed by atoms with Crippen LogP contribution in [0.2, 0.25) is 5.02 Å². The van der Waals surface area contributed by atoms with Crippen molar-refractivity contribution < 1.29 is 4.42 Å². The molecule has 0 fully saturated rings. The van der Waals surface area contributed by atoms with Crippen LogP contribution in [0.25, 0.3) is 5.69 Å². The molecule has 0 saturated heterocycles. The normalized spacial score (nSPS) is 10.7. The molecule has 1 N–H and O–H groups in total. The molecule has 0 spiro atoms. The quantitative estimate of drug-likeness (QED) is 0.664. The fraction of sp³-hybridized carbons (Fsp3) is 0.0714. The third-order valence-corrected chi connectivity index (χ3v) is 3.61. The van der Waals surface area contributed by atoms with E-state index in [4.69, 9.17) is 16.0 Å². The number of hydrogen-bond donors (Lipinski definition) is 1. The lowest BCUT2D eigenvalue weighted by atomic mass is 10.2. The first-order valence-electron chi connectivity index (χ1n) is 6.00. The second-order valence-corrected chi connectivity index (χ2v) is 5.67. The van der Waals surface area contributed by atoms with Crippen LogP contribution in [0.15, 0.2) is 53.2 Å². The van der Waals surface area contributed by atoms with E-state index in [-0.39, 0.29) is 0 Å². The number of benzene rings is 1. The summed E-state index contributed by atoms with van der Waals surface area (Å²) in [6.07, 6.45) is 3.64. The number of halogens is 2. The first-order valence-corrected chi connectivity index (χ1v) is 7.46. The van der Waals surface area contributed by atoms with Gasteiger partial charge in [-0.15, -0.1) is 0 Å². The molecular formula is C14H11ClIN3O. The van der Waals surface area contributed by atoms with Gasteiger partial charge in [-0.25, -0.2) is 4.68 Å². The van der Waals surface area contributed by atoms with Crippen molar-refractivity contribution in [2.24, 2.45) is 0 Å². The predicted molar refractivity (Wildman–Crippen MR) is 87.3 cm³/mol. The Morgan fingerprint density at radius 1 is 1.30 bits per heavy atom. The Bertz CT molecular complexity index is 709. The fourth-order valence-electron chi connectivity index (χ4n) is 1.89. The van der Waals surface area contributed by atoms with E-state index in [0.717, 1.165) is 20.9 Å². The molecule has 20 heavy (non-hydrogen) atoms. The average molecular weight is 400 g/mol. The van der Waals surface area contributed by atoms with Gasteiger partial charge in [-0.3, -0.25) is 0 Å². The Labute approximate surface area is 134 Å². The van der Waals surface area contributed by atoms with Gasteiger partial charge >= 0.3 is 0 Å². The van der Waals surface area contributed by atoms with Crippen LogP contribution in [-0.4, -0.2) is 9.78 Å². The van der Waals surface area contributed by atoms with E-state index in [1.165, 1.54) is 0 Å². The highest BCUT2D eigenvalue weighted by molar-refractivity contribution is 14.1. The minimum atomic E-state index is 0.595. The summed E-state index contributed by atoms with van der Waals surface area (Å²) in [6, 6.07) is 11.4. The highest BCUT2D eigenvalue weighted by atomic mass is 127. The van der Waals surface area contributed by atoms with Crippen molar-refractivity contribution in [3.05, 3.63) is 63.3 Å². The maximum atomic E-state index is 6.07. The highest BCUT2D eigenvalue weighted by Crippen LogP contribution is 2.25. The highest BCUT2D eigenvalue weighted by Gasteiger charge is 2.07. The molecule has 0 amide bonds. The Hall–Kier alpha value is -1.47. The van der Waals surface area contributed by atoms with Crippen molar-refractivity contribution in [1.29, 1.82) is 0 Å². The van der Waals surface area contributed by atoms with Crippen molar-refractivity contribution >= 4 is 39.9 Å². The van der Waals surface area contributed by atoms with Crippen molar-refractivity contribution in [1.82, 2.24) is 9.78 Å². The van der Waals surface area contributed by atoms with Gasteiger partial charge in [0.25, 0.3) is 0 Å². The molecule has 0 atom stereocenters. The summed E-state index contributed by atoms with van der Waals surface area (Å²) >= 11 is 8.22. The van der Waals surface area contributed by atoms with Gasteiger partial charge in [0.15, 0.2) is 3.77 Å². The summed E-state index contributed by atoms with van der Waals surface area (Å²) in [6.45, 7) is 0.595. The number of nitrogens with one attached hydrogen (secondary N) is 1. The fourth-order valence-corrected chi connectivity index (χ4v) is 2.52. The van der Waals surface area contributed by atoms with Gasteiger partial charge in [0.05, 0.1) is 17.9 Å². The SMILES string of the molecule is Clc1ccc(-n2cccn2)c(NCc2ccc(I)o2)c1. The van der Waals surface area contributed by atoms with Crippen LogP contribution in [0.4, 0.5) is 5.69 Å². The molecule has 102 valence electrons. The molecule has 4 nitrogen and oxygen atoms in total. The number of hydrogen-bond acceptors (Lipinski definition) is 3. The zero-order valence-electron chi connectivity index (χ0n) is 10.4. The maximum absolute atomic E-state index is 6.07. The van der Waals surface area contributed by atoms with Crippen LogP contribution in [0, 0.1) is 3.77 Å². The Kier molecular flexibility index (Phi) is 3.98. The van der Waals surface area contributed by atoms with Gasteiger partial charge < -0.3 is 9.73 Å². The summed E-state index contributed by atoms with van der Waals surface area (Å²) in [5, 5.41) is 8.25. The van der Waals surface area contributed by atoms with E-state index in [9.17, 15) is 0 Å². The molecule has 6 heteroatoms. The van der Waals surface area contributed by atoms with Crippen molar-refractivity contribution in [3.8, 4) is 5.69 Å². The lowest BCUT2D eigenvalue weighted by Crippen LogP contribution is -2.04. The van der Waals surface area contributed by atoms with Crippen LogP contribution in [0.3, 0.4) is 0 Å². The van der Waals surface area contributed by atoms with Crippen LogP contribution in [0.1, 0.15) is 5.76 Å². The van der Waals surface area contributed by atoms with Crippen molar-refractivity contribution in [3.63, 3.8) is 0 Å². The minimum absolute atomic E-state index is 0.595. The maximum Gasteiger partial charge on any atom is 0.164 e. The largest absolute Gasteiger partial charge is 0.454 e. The molecule has 0 saturated carbocycles. The summed E-state index contributed by atoms with van der Waals surface area (Å²) in [4.78, 5) is 0. The number of nitrogens with zero attached hydrogens (tertiary/aromatic N) is 2. The van der Waals surface area contributed by atoms with Crippen molar-refractivity contribution in [2.75, 3.05) is 5.32 Å². The first-order chi connectivity index (χ1) is 9.72. The molecule has 0 aliphatic rings. The lowest BCUT2D eigenvalue weighted by Gasteiger charge is -2.11. The van der Waals surface area contributed by atoms with Crippen LogP contribution >= 0.6 is 34.2 Å². The molecule has 0 aliphatic heterocycles. The van der Waals surface area contributed by atoms with E-state index >= 15 is 0 Å². The van der Waals surface area contributed by atoms with Gasteiger partial charge in [0.2, 0.25) is 0 Å². The monoisotopic (exact) mass is 399 g/mol. The lowest BCUT2D eigenvalue weighted by molar-refractivity contribution is 0.493. The summed E-state index contributed by atoms with van der Waals surface area (Å²) in [7, 11) is 0.